The number of aryl methyl sites for hydroxylation is 1. The summed E-state index contributed by atoms with van der Waals surface area (Å²) < 4.78 is 52.9. The number of rotatable bonds is 9. The van der Waals surface area contributed by atoms with Gasteiger partial charge in [-0.05, 0) is 59.8 Å². The molecule has 3 aliphatic heterocycles. The summed E-state index contributed by atoms with van der Waals surface area (Å²) in [7, 11) is -2.79. The average Bonchev–Trinajstić information content (AvgIpc) is 3.59. The first-order chi connectivity index (χ1) is 27.3. The lowest BCUT2D eigenvalue weighted by Crippen LogP contribution is -2.52. The quantitative estimate of drug-likeness (QED) is 0.184. The minimum Gasteiger partial charge on any atom is -0.487 e. The number of fused-ring (bicyclic) bond motifs is 2. The Bertz CT molecular complexity index is 2700. The number of nitrogens with zero attached hydrogens (tertiary/aromatic N) is 5. The molecule has 1 unspecified atom stereocenters. The highest BCUT2D eigenvalue weighted by Crippen LogP contribution is 2.40. The number of hydrogen-bond acceptors (Lipinski definition) is 10. The number of nitrogens with one attached hydrogen (secondary N) is 3. The number of imidazole rings is 1. The van der Waals surface area contributed by atoms with Gasteiger partial charge in [-0.25, -0.2) is 18.2 Å². The van der Waals surface area contributed by atoms with Gasteiger partial charge in [0, 0.05) is 43.3 Å². The lowest BCUT2D eigenvalue weighted by molar-refractivity contribution is -0.136. The maximum absolute atomic E-state index is 16.2. The van der Waals surface area contributed by atoms with E-state index in [-0.39, 0.29) is 73.1 Å². The largest absolute Gasteiger partial charge is 0.487 e. The van der Waals surface area contributed by atoms with E-state index in [0.717, 1.165) is 5.56 Å². The third-order valence-corrected chi connectivity index (χ3v) is 11.6. The number of piperidine rings is 1. The number of piperazine rings is 1. The molecule has 8 rings (SSSR count). The maximum atomic E-state index is 16.2. The van der Waals surface area contributed by atoms with Crippen LogP contribution in [0.4, 0.5) is 21.5 Å². The van der Waals surface area contributed by atoms with Gasteiger partial charge >= 0.3 is 15.9 Å². The number of hydrogen-bond donors (Lipinski definition) is 3. The van der Waals surface area contributed by atoms with Gasteiger partial charge in [-0.3, -0.25) is 38.4 Å². The first kappa shape index (κ1) is 37.2. The van der Waals surface area contributed by atoms with Crippen LogP contribution in [0.1, 0.15) is 24.4 Å². The second-order valence-electron chi connectivity index (χ2n) is 13.9. The molecule has 3 fully saturated rings. The van der Waals surface area contributed by atoms with Crippen molar-refractivity contribution in [3.8, 4) is 5.75 Å². The average molecular weight is 799 g/mol. The molecular formula is C38H35FN8O9S. The van der Waals surface area contributed by atoms with E-state index in [9.17, 15) is 37.2 Å². The number of carbonyl (C=O) groups is 5. The smallest absolute Gasteiger partial charge is 0.329 e. The molecule has 0 aliphatic carbocycles. The molecule has 5 aromatic rings. The molecule has 1 atom stereocenters. The second kappa shape index (κ2) is 14.4. The van der Waals surface area contributed by atoms with Crippen molar-refractivity contribution in [2.75, 3.05) is 47.2 Å². The lowest BCUT2D eigenvalue weighted by atomic mass is 10.1. The van der Waals surface area contributed by atoms with Crippen LogP contribution in [0.5, 0.6) is 5.75 Å². The number of amides is 5. The van der Waals surface area contributed by atoms with Crippen LogP contribution in [0.25, 0.3) is 21.8 Å². The molecule has 294 valence electrons. The Hall–Kier alpha value is -6.76. The number of aromatic nitrogens is 2. The molecule has 5 amide bonds. The van der Waals surface area contributed by atoms with Gasteiger partial charge in [0.25, 0.3) is 5.91 Å². The van der Waals surface area contributed by atoms with Gasteiger partial charge in [0.2, 0.25) is 23.6 Å². The van der Waals surface area contributed by atoms with E-state index in [2.05, 4.69) is 10.6 Å². The predicted octanol–water partition coefficient (Wildman–Crippen LogP) is 1.66. The molecule has 4 aromatic carbocycles. The van der Waals surface area contributed by atoms with E-state index < -0.39 is 57.7 Å². The van der Waals surface area contributed by atoms with Crippen molar-refractivity contribution in [3.63, 3.8) is 0 Å². The zero-order valence-electron chi connectivity index (χ0n) is 30.4. The molecule has 19 heteroatoms. The Balaban J connectivity index is 0.965. The van der Waals surface area contributed by atoms with E-state index in [4.69, 9.17) is 4.74 Å². The fourth-order valence-corrected chi connectivity index (χ4v) is 8.54. The Kier molecular flexibility index (Phi) is 9.38. The van der Waals surface area contributed by atoms with E-state index in [1.807, 2.05) is 15.7 Å². The van der Waals surface area contributed by atoms with Crippen LogP contribution in [0.3, 0.4) is 0 Å². The zero-order chi connectivity index (χ0) is 40.2. The van der Waals surface area contributed by atoms with Gasteiger partial charge in [0.05, 0.1) is 24.1 Å². The standard InChI is InChI=1S/C38H35FN8O9S/c1-43-29-17-25(8-10-27(29)47(38(43)53)28-11-12-31(48)41-37(28)52)44-13-14-45(34(51)20-44)18-32(49)40-24-7-9-26-23(15-24)16-30(56-21-22-5-3-2-4-6-22)36(35(26)39)46-19-33(50)42-57(46,54)55/h2-10,15-17,28H,11-14,18-21H2,1H3,(H,40,49)(H,42,50)(H,41,48,52). The van der Waals surface area contributed by atoms with Crippen molar-refractivity contribution in [2.24, 2.45) is 7.05 Å². The fraction of sp³-hybridized carbons (Fsp3) is 0.263. The molecule has 3 N–H and O–H groups in total. The second-order valence-corrected chi connectivity index (χ2v) is 15.5. The van der Waals surface area contributed by atoms with E-state index >= 15 is 4.39 Å². The molecule has 1 aromatic heterocycles. The number of carbonyl (C=O) groups excluding carboxylic acids is 5. The minimum absolute atomic E-state index is 0.0155. The van der Waals surface area contributed by atoms with Crippen molar-refractivity contribution in [3.05, 3.63) is 94.7 Å². The summed E-state index contributed by atoms with van der Waals surface area (Å²) in [5, 5.41) is 5.33. The normalized spacial score (nSPS) is 18.3. The third kappa shape index (κ3) is 7.01. The lowest BCUT2D eigenvalue weighted by Gasteiger charge is -2.35. The van der Waals surface area contributed by atoms with E-state index in [1.54, 1.807) is 49.5 Å². The summed E-state index contributed by atoms with van der Waals surface area (Å²) in [6, 6.07) is 19.1. The highest BCUT2D eigenvalue weighted by atomic mass is 32.2. The number of benzene rings is 4. The van der Waals surface area contributed by atoms with Crippen LogP contribution in [-0.4, -0.2) is 84.7 Å². The van der Waals surface area contributed by atoms with Crippen LogP contribution < -0.4 is 35.0 Å². The molecule has 0 saturated carbocycles. The zero-order valence-corrected chi connectivity index (χ0v) is 31.2. The van der Waals surface area contributed by atoms with Gasteiger partial charge in [0.15, 0.2) is 5.82 Å². The molecule has 0 bridgehead atoms. The van der Waals surface area contributed by atoms with Crippen molar-refractivity contribution in [2.45, 2.75) is 25.5 Å². The first-order valence-corrected chi connectivity index (χ1v) is 19.3. The molecule has 57 heavy (non-hydrogen) atoms. The minimum atomic E-state index is -4.38. The highest BCUT2D eigenvalue weighted by molar-refractivity contribution is 7.92. The van der Waals surface area contributed by atoms with Gasteiger partial charge in [-0.15, -0.1) is 0 Å². The number of anilines is 3. The Morgan fingerprint density at radius 2 is 1.72 bits per heavy atom. The van der Waals surface area contributed by atoms with Gasteiger partial charge in [0.1, 0.15) is 30.6 Å². The van der Waals surface area contributed by atoms with E-state index in [0.29, 0.717) is 27.6 Å². The maximum Gasteiger partial charge on any atom is 0.329 e. The number of ether oxygens (including phenoxy) is 1. The van der Waals surface area contributed by atoms with Crippen LogP contribution in [0, 0.1) is 5.82 Å². The first-order valence-electron chi connectivity index (χ1n) is 17.9. The molecule has 3 aliphatic rings. The third-order valence-electron chi connectivity index (χ3n) is 10.2. The summed E-state index contributed by atoms with van der Waals surface area (Å²) in [4.78, 5) is 79.2. The number of imide groups is 1. The molecule has 4 heterocycles. The van der Waals surface area contributed by atoms with Crippen LogP contribution in [-0.2, 0) is 47.8 Å². The van der Waals surface area contributed by atoms with Crippen molar-refractivity contribution in [1.82, 2.24) is 24.1 Å². The monoisotopic (exact) mass is 798 g/mol. The fourth-order valence-electron chi connectivity index (χ4n) is 7.38. The SMILES string of the molecule is Cn1c(=O)n(C2CCC(=O)NC2=O)c2ccc(N3CCN(CC(=O)Nc4ccc5c(F)c(N6CC(=O)NS6(=O)=O)c(OCc6ccccc6)cc5c4)C(=O)C3)cc21. The summed E-state index contributed by atoms with van der Waals surface area (Å²) in [5.41, 5.74) is 1.91. The van der Waals surface area contributed by atoms with Crippen LogP contribution in [0.15, 0.2) is 77.6 Å². The van der Waals surface area contributed by atoms with Crippen LogP contribution in [0.2, 0.25) is 0 Å². The molecule has 3 saturated heterocycles. The number of halogens is 1. The molecule has 0 spiro atoms. The summed E-state index contributed by atoms with van der Waals surface area (Å²) in [6.45, 7) is -0.380. The molecular weight excluding hydrogens is 764 g/mol. The highest BCUT2D eigenvalue weighted by Gasteiger charge is 2.38. The van der Waals surface area contributed by atoms with Crippen molar-refractivity contribution in [1.29, 1.82) is 0 Å². The van der Waals surface area contributed by atoms with E-state index in [1.165, 1.54) is 38.3 Å². The van der Waals surface area contributed by atoms with Gasteiger partial charge in [-0.1, -0.05) is 30.3 Å². The Morgan fingerprint density at radius 1 is 0.930 bits per heavy atom. The Morgan fingerprint density at radius 3 is 2.44 bits per heavy atom. The summed E-state index contributed by atoms with van der Waals surface area (Å²) in [6.07, 6.45) is 0.324. The summed E-state index contributed by atoms with van der Waals surface area (Å²) >= 11 is 0. The predicted molar refractivity (Wildman–Crippen MR) is 205 cm³/mol. The summed E-state index contributed by atoms with van der Waals surface area (Å²) in [5.74, 6) is -3.64. The van der Waals surface area contributed by atoms with Gasteiger partial charge < -0.3 is 19.9 Å². The van der Waals surface area contributed by atoms with Crippen LogP contribution >= 0.6 is 0 Å². The molecule has 0 radical (unpaired) electrons. The van der Waals surface area contributed by atoms with Crippen molar-refractivity contribution < 1.29 is 41.5 Å². The molecule has 17 nitrogen and oxygen atoms in total. The van der Waals surface area contributed by atoms with Gasteiger partial charge in [-0.2, -0.15) is 8.42 Å². The Labute approximate surface area is 323 Å². The van der Waals surface area contributed by atoms with Crippen molar-refractivity contribution >= 4 is 78.6 Å². The topological polar surface area (TPSA) is 201 Å².